The van der Waals surface area contributed by atoms with Gasteiger partial charge in [0.15, 0.2) is 0 Å². The van der Waals surface area contributed by atoms with Gasteiger partial charge in [0.1, 0.15) is 0 Å². The topological polar surface area (TPSA) is 43.4 Å². The summed E-state index contributed by atoms with van der Waals surface area (Å²) in [6.45, 7) is 5.96. The molecule has 0 saturated heterocycles. The van der Waals surface area contributed by atoms with Crippen molar-refractivity contribution in [3.8, 4) is 0 Å². The third-order valence-electron chi connectivity index (χ3n) is 2.06. The van der Waals surface area contributed by atoms with Gasteiger partial charge in [-0.25, -0.2) is 0 Å². The van der Waals surface area contributed by atoms with Crippen molar-refractivity contribution >= 4 is 22.8 Å². The molecule has 0 aliphatic carbocycles. The lowest BCUT2D eigenvalue weighted by Gasteiger charge is -2.15. The van der Waals surface area contributed by atoms with Gasteiger partial charge in [-0.3, -0.25) is 9.59 Å². The van der Waals surface area contributed by atoms with Gasteiger partial charge in [-0.2, -0.15) is 0 Å². The van der Waals surface area contributed by atoms with Crippen molar-refractivity contribution in [3.63, 3.8) is 0 Å². The van der Waals surface area contributed by atoms with E-state index in [2.05, 4.69) is 0 Å². The number of ether oxygens (including phenoxy) is 1. The van der Waals surface area contributed by atoms with Gasteiger partial charge in [0.05, 0.1) is 6.61 Å². The number of esters is 1. The van der Waals surface area contributed by atoms with E-state index in [9.17, 15) is 9.59 Å². The summed E-state index contributed by atoms with van der Waals surface area (Å²) in [5, 5.41) is -0.371. The normalized spacial score (nSPS) is 12.6. The number of rotatable bonds is 6. The van der Waals surface area contributed by atoms with E-state index in [0.717, 1.165) is 0 Å². The summed E-state index contributed by atoms with van der Waals surface area (Å²) in [6.07, 6.45) is 0.730. The molecule has 0 saturated carbocycles. The fourth-order valence-corrected chi connectivity index (χ4v) is 1.58. The highest BCUT2D eigenvalue weighted by atomic mass is 35.5. The van der Waals surface area contributed by atoms with Crippen LogP contribution in [0.2, 0.25) is 0 Å². The molecule has 0 heterocycles. The monoisotopic (exact) mass is 220 g/mol. The Labute approximate surface area is 89.8 Å². The SMILES string of the molecule is CCOC(=O)CCC(C(=O)Cl)C(C)C. The quantitative estimate of drug-likeness (QED) is 0.510. The number of halogens is 1. The number of hydrogen-bond acceptors (Lipinski definition) is 3. The average molecular weight is 221 g/mol. The second kappa shape index (κ2) is 6.82. The van der Waals surface area contributed by atoms with Gasteiger partial charge in [0, 0.05) is 12.3 Å². The zero-order valence-electron chi connectivity index (χ0n) is 8.88. The Balaban J connectivity index is 3.94. The fraction of sp³-hybridized carbons (Fsp3) is 0.800. The van der Waals surface area contributed by atoms with Crippen LogP contribution in [0.15, 0.2) is 0 Å². The van der Waals surface area contributed by atoms with Crippen LogP contribution in [0.4, 0.5) is 0 Å². The van der Waals surface area contributed by atoms with Gasteiger partial charge >= 0.3 is 5.97 Å². The molecular weight excluding hydrogens is 204 g/mol. The van der Waals surface area contributed by atoms with E-state index in [1.165, 1.54) is 0 Å². The first-order chi connectivity index (χ1) is 6.49. The Kier molecular flexibility index (Phi) is 6.54. The van der Waals surface area contributed by atoms with Gasteiger partial charge in [0.25, 0.3) is 0 Å². The van der Waals surface area contributed by atoms with Crippen LogP contribution in [-0.4, -0.2) is 17.8 Å². The maximum atomic E-state index is 11.0. The molecule has 1 unspecified atom stereocenters. The Morgan fingerprint density at radius 1 is 1.36 bits per heavy atom. The van der Waals surface area contributed by atoms with Gasteiger partial charge in [0.2, 0.25) is 5.24 Å². The lowest BCUT2D eigenvalue weighted by atomic mass is 9.92. The van der Waals surface area contributed by atoms with E-state index in [4.69, 9.17) is 16.3 Å². The second-order valence-corrected chi connectivity index (χ2v) is 3.87. The van der Waals surface area contributed by atoms with Crippen molar-refractivity contribution in [2.45, 2.75) is 33.6 Å². The third kappa shape index (κ3) is 5.22. The molecule has 3 nitrogen and oxygen atoms in total. The molecule has 1 atom stereocenters. The van der Waals surface area contributed by atoms with Crippen molar-refractivity contribution in [1.82, 2.24) is 0 Å². The molecule has 0 aliphatic heterocycles. The van der Waals surface area contributed by atoms with Gasteiger partial charge in [-0.1, -0.05) is 13.8 Å². The Morgan fingerprint density at radius 3 is 2.29 bits per heavy atom. The van der Waals surface area contributed by atoms with E-state index < -0.39 is 0 Å². The van der Waals surface area contributed by atoms with Crippen LogP contribution in [0.5, 0.6) is 0 Å². The molecule has 82 valence electrons. The maximum absolute atomic E-state index is 11.0. The predicted molar refractivity (Wildman–Crippen MR) is 55.1 cm³/mol. The summed E-state index contributed by atoms with van der Waals surface area (Å²) in [4.78, 5) is 22.0. The predicted octanol–water partition coefficient (Wildman–Crippen LogP) is 2.37. The molecular formula is C10H17ClO3. The molecule has 0 radical (unpaired) electrons. The van der Waals surface area contributed by atoms with Crippen molar-refractivity contribution < 1.29 is 14.3 Å². The minimum Gasteiger partial charge on any atom is -0.466 e. The third-order valence-corrected chi connectivity index (χ3v) is 2.34. The average Bonchev–Trinajstić information content (AvgIpc) is 2.03. The Morgan fingerprint density at radius 2 is 1.93 bits per heavy atom. The number of carbonyl (C=O) groups is 2. The van der Waals surface area contributed by atoms with Crippen molar-refractivity contribution in [2.24, 2.45) is 11.8 Å². The van der Waals surface area contributed by atoms with Crippen LogP contribution in [0.3, 0.4) is 0 Å². The smallest absolute Gasteiger partial charge is 0.305 e. The molecule has 0 aromatic heterocycles. The molecule has 0 bridgehead atoms. The van der Waals surface area contributed by atoms with Crippen LogP contribution in [0, 0.1) is 11.8 Å². The first-order valence-corrected chi connectivity index (χ1v) is 5.21. The van der Waals surface area contributed by atoms with Gasteiger partial charge in [-0.15, -0.1) is 0 Å². The first-order valence-electron chi connectivity index (χ1n) is 4.84. The van der Waals surface area contributed by atoms with E-state index >= 15 is 0 Å². The summed E-state index contributed by atoms with van der Waals surface area (Å²) in [7, 11) is 0. The molecule has 0 N–H and O–H groups in total. The highest BCUT2D eigenvalue weighted by Gasteiger charge is 2.21. The van der Waals surface area contributed by atoms with Crippen molar-refractivity contribution in [3.05, 3.63) is 0 Å². The largest absolute Gasteiger partial charge is 0.466 e. The summed E-state index contributed by atoms with van der Waals surface area (Å²) >= 11 is 5.41. The first kappa shape index (κ1) is 13.4. The second-order valence-electron chi connectivity index (χ2n) is 3.50. The number of carbonyl (C=O) groups excluding carboxylic acids is 2. The fourth-order valence-electron chi connectivity index (χ4n) is 1.22. The van der Waals surface area contributed by atoms with E-state index in [0.29, 0.717) is 13.0 Å². The van der Waals surface area contributed by atoms with Crippen LogP contribution in [0.25, 0.3) is 0 Å². The molecule has 14 heavy (non-hydrogen) atoms. The molecule has 0 aliphatic rings. The van der Waals surface area contributed by atoms with Crippen LogP contribution < -0.4 is 0 Å². The molecule has 0 fully saturated rings. The summed E-state index contributed by atoms with van der Waals surface area (Å²) in [5.41, 5.74) is 0. The minimum atomic E-state index is -0.371. The highest BCUT2D eigenvalue weighted by Crippen LogP contribution is 2.20. The van der Waals surface area contributed by atoms with E-state index in [1.54, 1.807) is 6.92 Å². The molecule has 0 aromatic carbocycles. The summed E-state index contributed by atoms with van der Waals surface area (Å²) < 4.78 is 4.76. The summed E-state index contributed by atoms with van der Waals surface area (Å²) in [6, 6.07) is 0. The number of hydrogen-bond donors (Lipinski definition) is 0. The van der Waals surface area contributed by atoms with E-state index in [-0.39, 0.29) is 29.5 Å². The molecule has 4 heteroatoms. The molecule has 0 aromatic rings. The zero-order valence-corrected chi connectivity index (χ0v) is 9.63. The maximum Gasteiger partial charge on any atom is 0.305 e. The Bertz CT molecular complexity index is 202. The standard InChI is InChI=1S/C10H17ClO3/c1-4-14-9(12)6-5-8(7(2)3)10(11)13/h7-8H,4-6H2,1-3H3. The Hall–Kier alpha value is -0.570. The van der Waals surface area contributed by atoms with Crippen LogP contribution >= 0.6 is 11.6 Å². The lowest BCUT2D eigenvalue weighted by Crippen LogP contribution is -2.18. The minimum absolute atomic E-state index is 0.162. The van der Waals surface area contributed by atoms with Crippen molar-refractivity contribution in [2.75, 3.05) is 6.61 Å². The van der Waals surface area contributed by atoms with Gasteiger partial charge < -0.3 is 4.74 Å². The highest BCUT2D eigenvalue weighted by molar-refractivity contribution is 6.64. The summed E-state index contributed by atoms with van der Waals surface area (Å²) in [5.74, 6) is -0.355. The zero-order chi connectivity index (χ0) is 11.1. The lowest BCUT2D eigenvalue weighted by molar-refractivity contribution is -0.143. The van der Waals surface area contributed by atoms with Crippen molar-refractivity contribution in [1.29, 1.82) is 0 Å². The molecule has 0 spiro atoms. The molecule has 0 amide bonds. The molecule has 0 rings (SSSR count). The van der Waals surface area contributed by atoms with E-state index in [1.807, 2.05) is 13.8 Å². The van der Waals surface area contributed by atoms with Gasteiger partial charge in [-0.05, 0) is 30.9 Å². The van der Waals surface area contributed by atoms with Crippen LogP contribution in [-0.2, 0) is 14.3 Å². The van der Waals surface area contributed by atoms with Crippen LogP contribution in [0.1, 0.15) is 33.6 Å².